The van der Waals surface area contributed by atoms with Crippen LogP contribution in [0.4, 0.5) is 0 Å². The number of nitrogens with one attached hydrogen (secondary N) is 1. The number of hydrogen-bond acceptors (Lipinski definition) is 4. The normalized spacial score (nSPS) is 11.8. The van der Waals surface area contributed by atoms with Gasteiger partial charge in [-0.15, -0.1) is 11.3 Å². The van der Waals surface area contributed by atoms with E-state index in [1.807, 2.05) is 45.2 Å². The first-order valence-electron chi connectivity index (χ1n) is 6.28. The SMILES string of the molecule is Cc1cc(C)c(S(=O)(=O)NCc2nc(C)cs2)c(C)c1. The fourth-order valence-electron chi connectivity index (χ4n) is 2.30. The minimum absolute atomic E-state index is 0.230. The fraction of sp³-hybridized carbons (Fsp3) is 0.357. The van der Waals surface area contributed by atoms with Crippen molar-refractivity contribution in [3.05, 3.63) is 44.9 Å². The number of aryl methyl sites for hydroxylation is 4. The predicted molar refractivity (Wildman–Crippen MR) is 81.5 cm³/mol. The molecular weight excluding hydrogens is 292 g/mol. The highest BCUT2D eigenvalue weighted by molar-refractivity contribution is 7.89. The number of thiazole rings is 1. The molecule has 0 aliphatic rings. The third-order valence-electron chi connectivity index (χ3n) is 2.95. The van der Waals surface area contributed by atoms with Gasteiger partial charge in [0.2, 0.25) is 10.0 Å². The minimum Gasteiger partial charge on any atom is -0.245 e. The minimum atomic E-state index is -3.51. The van der Waals surface area contributed by atoms with Gasteiger partial charge < -0.3 is 0 Å². The third-order valence-corrected chi connectivity index (χ3v) is 5.63. The van der Waals surface area contributed by atoms with E-state index >= 15 is 0 Å². The van der Waals surface area contributed by atoms with E-state index in [9.17, 15) is 8.42 Å². The summed E-state index contributed by atoms with van der Waals surface area (Å²) in [4.78, 5) is 4.63. The molecule has 2 rings (SSSR count). The highest BCUT2D eigenvalue weighted by Crippen LogP contribution is 2.22. The second kappa shape index (κ2) is 5.63. The van der Waals surface area contributed by atoms with Crippen molar-refractivity contribution >= 4 is 21.4 Å². The molecule has 108 valence electrons. The Morgan fingerprint density at radius 2 is 1.75 bits per heavy atom. The number of rotatable bonds is 4. The van der Waals surface area contributed by atoms with E-state index in [1.165, 1.54) is 11.3 Å². The average Bonchev–Trinajstić information content (AvgIpc) is 2.71. The molecule has 1 N–H and O–H groups in total. The van der Waals surface area contributed by atoms with Crippen LogP contribution < -0.4 is 4.72 Å². The smallest absolute Gasteiger partial charge is 0.241 e. The molecule has 1 aromatic carbocycles. The molecule has 1 heterocycles. The van der Waals surface area contributed by atoms with E-state index in [2.05, 4.69) is 9.71 Å². The number of sulfonamides is 1. The Labute approximate surface area is 123 Å². The van der Waals surface area contributed by atoms with Crippen LogP contribution in [0.5, 0.6) is 0 Å². The Morgan fingerprint density at radius 3 is 2.25 bits per heavy atom. The van der Waals surface area contributed by atoms with Crippen molar-refractivity contribution in [2.24, 2.45) is 0 Å². The lowest BCUT2D eigenvalue weighted by Crippen LogP contribution is -2.24. The largest absolute Gasteiger partial charge is 0.245 e. The molecular formula is C14H18N2O2S2. The highest BCUT2D eigenvalue weighted by atomic mass is 32.2. The van der Waals surface area contributed by atoms with E-state index < -0.39 is 10.0 Å². The number of hydrogen-bond donors (Lipinski definition) is 1. The van der Waals surface area contributed by atoms with E-state index in [0.717, 1.165) is 27.4 Å². The van der Waals surface area contributed by atoms with Gasteiger partial charge in [0, 0.05) is 11.1 Å². The van der Waals surface area contributed by atoms with Gasteiger partial charge in [0.05, 0.1) is 11.4 Å². The molecule has 0 fully saturated rings. The summed E-state index contributed by atoms with van der Waals surface area (Å²) in [5, 5.41) is 2.68. The van der Waals surface area contributed by atoms with Crippen molar-refractivity contribution in [1.29, 1.82) is 0 Å². The summed E-state index contributed by atoms with van der Waals surface area (Å²) in [5.74, 6) is 0. The zero-order valence-corrected chi connectivity index (χ0v) is 13.7. The van der Waals surface area contributed by atoms with Crippen LogP contribution in [0.25, 0.3) is 0 Å². The van der Waals surface area contributed by atoms with Crippen LogP contribution >= 0.6 is 11.3 Å². The molecule has 0 amide bonds. The van der Waals surface area contributed by atoms with Crippen LogP contribution in [0.2, 0.25) is 0 Å². The second-order valence-corrected chi connectivity index (χ2v) is 7.58. The number of aromatic nitrogens is 1. The van der Waals surface area contributed by atoms with Gasteiger partial charge in [-0.2, -0.15) is 0 Å². The molecule has 2 aromatic rings. The Morgan fingerprint density at radius 1 is 1.15 bits per heavy atom. The van der Waals surface area contributed by atoms with E-state index in [4.69, 9.17) is 0 Å². The first kappa shape index (κ1) is 15.2. The average molecular weight is 310 g/mol. The van der Waals surface area contributed by atoms with Crippen molar-refractivity contribution in [3.63, 3.8) is 0 Å². The predicted octanol–water partition coefficient (Wildman–Crippen LogP) is 2.86. The topological polar surface area (TPSA) is 59.1 Å². The highest BCUT2D eigenvalue weighted by Gasteiger charge is 2.19. The van der Waals surface area contributed by atoms with Gasteiger partial charge in [0.15, 0.2) is 0 Å². The molecule has 0 aliphatic heterocycles. The molecule has 0 saturated heterocycles. The summed E-state index contributed by atoms with van der Waals surface area (Å²) in [5.41, 5.74) is 3.51. The molecule has 0 unspecified atom stereocenters. The monoisotopic (exact) mass is 310 g/mol. The van der Waals surface area contributed by atoms with E-state index in [0.29, 0.717) is 4.90 Å². The van der Waals surface area contributed by atoms with Crippen molar-refractivity contribution in [2.75, 3.05) is 0 Å². The summed E-state index contributed by atoms with van der Waals surface area (Å²) in [6.07, 6.45) is 0. The molecule has 20 heavy (non-hydrogen) atoms. The zero-order valence-electron chi connectivity index (χ0n) is 12.0. The lowest BCUT2D eigenvalue weighted by Gasteiger charge is -2.12. The van der Waals surface area contributed by atoms with Crippen molar-refractivity contribution in [2.45, 2.75) is 39.1 Å². The summed E-state index contributed by atoms with van der Waals surface area (Å²) in [6, 6.07) is 3.77. The molecule has 6 heteroatoms. The van der Waals surface area contributed by atoms with Crippen molar-refractivity contribution in [1.82, 2.24) is 9.71 Å². The van der Waals surface area contributed by atoms with Crippen molar-refractivity contribution < 1.29 is 8.42 Å². The maximum Gasteiger partial charge on any atom is 0.241 e. The fourth-order valence-corrected chi connectivity index (χ4v) is 4.54. The van der Waals surface area contributed by atoms with Crippen molar-refractivity contribution in [3.8, 4) is 0 Å². The van der Waals surface area contributed by atoms with Gasteiger partial charge in [-0.25, -0.2) is 18.1 Å². The lowest BCUT2D eigenvalue weighted by atomic mass is 10.1. The Hall–Kier alpha value is -1.24. The second-order valence-electron chi connectivity index (χ2n) is 4.94. The van der Waals surface area contributed by atoms with Crippen LogP contribution in [0.15, 0.2) is 22.4 Å². The molecule has 0 bridgehead atoms. The number of nitrogens with zero attached hydrogens (tertiary/aromatic N) is 1. The third kappa shape index (κ3) is 3.26. The van der Waals surface area contributed by atoms with Gasteiger partial charge in [0.25, 0.3) is 0 Å². The molecule has 0 atom stereocenters. The molecule has 0 saturated carbocycles. The lowest BCUT2D eigenvalue weighted by molar-refractivity contribution is 0.579. The van der Waals surface area contributed by atoms with Crippen LogP contribution in [-0.4, -0.2) is 13.4 Å². The maximum atomic E-state index is 12.4. The van der Waals surface area contributed by atoms with Crippen LogP contribution in [0.3, 0.4) is 0 Å². The molecule has 1 aromatic heterocycles. The molecule has 0 radical (unpaired) electrons. The summed E-state index contributed by atoms with van der Waals surface area (Å²) >= 11 is 1.46. The Balaban J connectivity index is 2.27. The first-order valence-corrected chi connectivity index (χ1v) is 8.64. The zero-order chi connectivity index (χ0) is 14.9. The standard InChI is InChI=1S/C14H18N2O2S2/c1-9-5-10(2)14(11(3)6-9)20(17,18)15-7-13-16-12(4)8-19-13/h5-6,8,15H,7H2,1-4H3. The Bertz CT molecular complexity index is 710. The molecule has 0 spiro atoms. The summed E-state index contributed by atoms with van der Waals surface area (Å²) < 4.78 is 27.5. The first-order chi connectivity index (χ1) is 9.29. The summed E-state index contributed by atoms with van der Waals surface area (Å²) in [7, 11) is -3.51. The quantitative estimate of drug-likeness (QED) is 0.944. The van der Waals surface area contributed by atoms with Crippen LogP contribution in [0.1, 0.15) is 27.4 Å². The Kier molecular flexibility index (Phi) is 4.27. The van der Waals surface area contributed by atoms with E-state index in [1.54, 1.807) is 0 Å². The van der Waals surface area contributed by atoms with Gasteiger partial charge in [-0.1, -0.05) is 17.7 Å². The number of benzene rings is 1. The van der Waals surface area contributed by atoms with Crippen LogP contribution in [-0.2, 0) is 16.6 Å². The summed E-state index contributed by atoms with van der Waals surface area (Å²) in [6.45, 7) is 7.72. The van der Waals surface area contributed by atoms with Crippen LogP contribution in [0, 0.1) is 27.7 Å². The van der Waals surface area contributed by atoms with E-state index in [-0.39, 0.29) is 6.54 Å². The van der Waals surface area contributed by atoms with Gasteiger partial charge in [-0.05, 0) is 38.8 Å². The van der Waals surface area contributed by atoms with Gasteiger partial charge in [0.1, 0.15) is 5.01 Å². The van der Waals surface area contributed by atoms with Gasteiger partial charge >= 0.3 is 0 Å². The maximum absolute atomic E-state index is 12.4. The molecule has 0 aliphatic carbocycles. The van der Waals surface area contributed by atoms with Gasteiger partial charge in [-0.3, -0.25) is 0 Å². The molecule has 4 nitrogen and oxygen atoms in total.